The zero-order chi connectivity index (χ0) is 12.0. The standard InChI is InChI=1S/C15H31N/c1-5-15(12(2)3)16-10-9-14-8-6-7-13(4)11-14/h12-16H,5-11H2,1-4H3. The second-order valence-corrected chi connectivity index (χ2v) is 6.14. The molecule has 3 unspecified atom stereocenters. The van der Waals surface area contributed by atoms with E-state index in [1.54, 1.807) is 0 Å². The molecule has 0 spiro atoms. The molecule has 0 amide bonds. The number of hydrogen-bond donors (Lipinski definition) is 1. The average molecular weight is 225 g/mol. The Morgan fingerprint density at radius 2 is 2.00 bits per heavy atom. The first-order valence-corrected chi connectivity index (χ1v) is 7.36. The minimum Gasteiger partial charge on any atom is -0.314 e. The van der Waals surface area contributed by atoms with E-state index in [-0.39, 0.29) is 0 Å². The van der Waals surface area contributed by atoms with Gasteiger partial charge in [-0.15, -0.1) is 0 Å². The van der Waals surface area contributed by atoms with Crippen LogP contribution in [-0.2, 0) is 0 Å². The third kappa shape index (κ3) is 4.86. The highest BCUT2D eigenvalue weighted by Gasteiger charge is 2.19. The average Bonchev–Trinajstić information content (AvgIpc) is 2.24. The molecule has 1 aliphatic carbocycles. The topological polar surface area (TPSA) is 12.0 Å². The van der Waals surface area contributed by atoms with E-state index < -0.39 is 0 Å². The van der Waals surface area contributed by atoms with Crippen LogP contribution in [0.2, 0.25) is 0 Å². The van der Waals surface area contributed by atoms with Gasteiger partial charge in [0.2, 0.25) is 0 Å². The first-order chi connectivity index (χ1) is 7.63. The number of rotatable bonds is 6. The summed E-state index contributed by atoms with van der Waals surface area (Å²) in [6.07, 6.45) is 8.54. The van der Waals surface area contributed by atoms with E-state index in [1.165, 1.54) is 45.1 Å². The summed E-state index contributed by atoms with van der Waals surface area (Å²) in [6, 6.07) is 0.723. The van der Waals surface area contributed by atoms with Gasteiger partial charge in [-0.2, -0.15) is 0 Å². The van der Waals surface area contributed by atoms with Crippen molar-refractivity contribution in [1.29, 1.82) is 0 Å². The molecule has 1 heteroatoms. The molecule has 0 saturated heterocycles. The van der Waals surface area contributed by atoms with Crippen LogP contribution in [-0.4, -0.2) is 12.6 Å². The molecule has 1 saturated carbocycles. The highest BCUT2D eigenvalue weighted by molar-refractivity contribution is 4.73. The molecule has 0 heterocycles. The van der Waals surface area contributed by atoms with Gasteiger partial charge in [-0.25, -0.2) is 0 Å². The minimum atomic E-state index is 0.723. The lowest BCUT2D eigenvalue weighted by atomic mass is 9.81. The van der Waals surface area contributed by atoms with E-state index in [1.807, 2.05) is 0 Å². The lowest BCUT2D eigenvalue weighted by molar-refractivity contribution is 0.260. The minimum absolute atomic E-state index is 0.723. The summed E-state index contributed by atoms with van der Waals surface area (Å²) in [6.45, 7) is 10.6. The Kier molecular flexibility index (Phi) is 6.41. The molecule has 1 N–H and O–H groups in total. The Morgan fingerprint density at radius 3 is 2.56 bits per heavy atom. The first kappa shape index (κ1) is 14.0. The quantitative estimate of drug-likeness (QED) is 0.713. The lowest BCUT2D eigenvalue weighted by Crippen LogP contribution is -2.34. The monoisotopic (exact) mass is 225 g/mol. The Labute approximate surface area is 102 Å². The highest BCUT2D eigenvalue weighted by atomic mass is 14.9. The molecule has 0 aromatic rings. The predicted octanol–water partition coefficient (Wildman–Crippen LogP) is 4.23. The SMILES string of the molecule is CCC(NCCC1CCCC(C)C1)C(C)C. The van der Waals surface area contributed by atoms with Crippen molar-refractivity contribution in [1.82, 2.24) is 5.32 Å². The third-order valence-corrected chi connectivity index (χ3v) is 4.25. The molecule has 1 aliphatic rings. The van der Waals surface area contributed by atoms with Gasteiger partial charge in [-0.05, 0) is 43.6 Å². The number of hydrogen-bond acceptors (Lipinski definition) is 1. The normalized spacial score (nSPS) is 28.3. The number of nitrogens with one attached hydrogen (secondary N) is 1. The molecule has 0 radical (unpaired) electrons. The Bertz CT molecular complexity index is 176. The summed E-state index contributed by atoms with van der Waals surface area (Å²) >= 11 is 0. The fourth-order valence-corrected chi connectivity index (χ4v) is 3.15. The fourth-order valence-electron chi connectivity index (χ4n) is 3.15. The van der Waals surface area contributed by atoms with Gasteiger partial charge in [0.25, 0.3) is 0 Å². The zero-order valence-electron chi connectivity index (χ0n) is 11.8. The maximum absolute atomic E-state index is 3.73. The molecule has 1 fully saturated rings. The zero-order valence-corrected chi connectivity index (χ0v) is 11.8. The van der Waals surface area contributed by atoms with Crippen molar-refractivity contribution in [2.45, 2.75) is 72.3 Å². The molecule has 0 aliphatic heterocycles. The van der Waals surface area contributed by atoms with E-state index in [0.29, 0.717) is 0 Å². The summed E-state index contributed by atoms with van der Waals surface area (Å²) in [5.41, 5.74) is 0. The van der Waals surface area contributed by atoms with Crippen LogP contribution < -0.4 is 5.32 Å². The van der Waals surface area contributed by atoms with E-state index in [9.17, 15) is 0 Å². The van der Waals surface area contributed by atoms with Crippen LogP contribution in [0.3, 0.4) is 0 Å². The summed E-state index contributed by atoms with van der Waals surface area (Å²) in [4.78, 5) is 0. The van der Waals surface area contributed by atoms with Crippen LogP contribution in [0, 0.1) is 17.8 Å². The summed E-state index contributed by atoms with van der Waals surface area (Å²) in [5.74, 6) is 2.75. The van der Waals surface area contributed by atoms with Crippen molar-refractivity contribution in [2.24, 2.45) is 17.8 Å². The molecule has 96 valence electrons. The molecule has 0 bridgehead atoms. The molecule has 0 aromatic carbocycles. The van der Waals surface area contributed by atoms with Crippen molar-refractivity contribution in [2.75, 3.05) is 6.54 Å². The van der Waals surface area contributed by atoms with Crippen LogP contribution in [0.25, 0.3) is 0 Å². The van der Waals surface area contributed by atoms with Crippen molar-refractivity contribution < 1.29 is 0 Å². The van der Waals surface area contributed by atoms with Crippen molar-refractivity contribution >= 4 is 0 Å². The molecular formula is C15H31N. The van der Waals surface area contributed by atoms with Gasteiger partial charge in [0.05, 0.1) is 0 Å². The summed E-state index contributed by atoms with van der Waals surface area (Å²) in [5, 5.41) is 3.73. The van der Waals surface area contributed by atoms with Crippen molar-refractivity contribution in [3.05, 3.63) is 0 Å². The maximum Gasteiger partial charge on any atom is 0.00874 e. The second-order valence-electron chi connectivity index (χ2n) is 6.14. The van der Waals surface area contributed by atoms with Crippen LogP contribution in [0.15, 0.2) is 0 Å². The van der Waals surface area contributed by atoms with E-state index >= 15 is 0 Å². The molecule has 1 nitrogen and oxygen atoms in total. The van der Waals surface area contributed by atoms with Crippen LogP contribution in [0.5, 0.6) is 0 Å². The van der Waals surface area contributed by atoms with Crippen LogP contribution in [0.4, 0.5) is 0 Å². The second kappa shape index (κ2) is 7.32. The Hall–Kier alpha value is -0.0400. The van der Waals surface area contributed by atoms with Gasteiger partial charge in [0.15, 0.2) is 0 Å². The third-order valence-electron chi connectivity index (χ3n) is 4.25. The molecule has 3 atom stereocenters. The van der Waals surface area contributed by atoms with Crippen LogP contribution >= 0.6 is 0 Å². The highest BCUT2D eigenvalue weighted by Crippen LogP contribution is 2.30. The lowest BCUT2D eigenvalue weighted by Gasteiger charge is -2.28. The Morgan fingerprint density at radius 1 is 1.25 bits per heavy atom. The maximum atomic E-state index is 3.73. The summed E-state index contributed by atoms with van der Waals surface area (Å²) < 4.78 is 0. The molecule has 1 rings (SSSR count). The first-order valence-electron chi connectivity index (χ1n) is 7.36. The van der Waals surface area contributed by atoms with E-state index in [2.05, 4.69) is 33.0 Å². The summed E-state index contributed by atoms with van der Waals surface area (Å²) in [7, 11) is 0. The molecule has 16 heavy (non-hydrogen) atoms. The fraction of sp³-hybridized carbons (Fsp3) is 1.00. The molecular weight excluding hydrogens is 194 g/mol. The van der Waals surface area contributed by atoms with Gasteiger partial charge in [0.1, 0.15) is 0 Å². The van der Waals surface area contributed by atoms with Crippen LogP contribution in [0.1, 0.15) is 66.2 Å². The van der Waals surface area contributed by atoms with Crippen molar-refractivity contribution in [3.8, 4) is 0 Å². The van der Waals surface area contributed by atoms with Gasteiger partial charge in [0, 0.05) is 6.04 Å². The van der Waals surface area contributed by atoms with Gasteiger partial charge >= 0.3 is 0 Å². The van der Waals surface area contributed by atoms with Gasteiger partial charge in [-0.3, -0.25) is 0 Å². The Balaban J connectivity index is 2.14. The smallest absolute Gasteiger partial charge is 0.00874 e. The van der Waals surface area contributed by atoms with Gasteiger partial charge in [-0.1, -0.05) is 47.0 Å². The van der Waals surface area contributed by atoms with Crippen molar-refractivity contribution in [3.63, 3.8) is 0 Å². The van der Waals surface area contributed by atoms with E-state index in [0.717, 1.165) is 23.8 Å². The largest absolute Gasteiger partial charge is 0.314 e. The van der Waals surface area contributed by atoms with Gasteiger partial charge < -0.3 is 5.32 Å². The van der Waals surface area contributed by atoms with E-state index in [4.69, 9.17) is 0 Å². The molecule has 0 aromatic heterocycles. The predicted molar refractivity (Wildman–Crippen MR) is 72.7 cm³/mol.